The minimum Gasteiger partial charge on any atom is -0.463 e. The van der Waals surface area contributed by atoms with Crippen molar-refractivity contribution in [3.05, 3.63) is 12.2 Å². The fraction of sp³-hybridized carbons (Fsp3) is 0.857. The Balaban J connectivity index is 1.72. The molecule has 24 heavy (non-hydrogen) atoms. The van der Waals surface area contributed by atoms with E-state index in [1.807, 2.05) is 0 Å². The number of allylic oxidation sites excluding steroid dienone is 2. The van der Waals surface area contributed by atoms with E-state index in [-0.39, 0.29) is 12.1 Å². The number of carbonyl (C=O) groups is 1. The van der Waals surface area contributed by atoms with Crippen molar-refractivity contribution in [2.45, 2.75) is 103 Å². The summed E-state index contributed by atoms with van der Waals surface area (Å²) in [6, 6.07) is 0. The van der Waals surface area contributed by atoms with E-state index in [0.717, 1.165) is 19.4 Å². The topological polar surface area (TPSA) is 38.8 Å². The molecule has 1 saturated heterocycles. The number of epoxide rings is 1. The van der Waals surface area contributed by atoms with Gasteiger partial charge in [0.2, 0.25) is 0 Å². The lowest BCUT2D eigenvalue weighted by molar-refractivity contribution is -0.144. The van der Waals surface area contributed by atoms with Crippen LogP contribution in [0.3, 0.4) is 0 Å². The van der Waals surface area contributed by atoms with Gasteiger partial charge in [0, 0.05) is 6.42 Å². The maximum absolute atomic E-state index is 11.4. The van der Waals surface area contributed by atoms with Crippen LogP contribution >= 0.6 is 0 Å². The second-order valence-corrected chi connectivity index (χ2v) is 6.97. The maximum atomic E-state index is 11.4. The Kier molecular flexibility index (Phi) is 13.9. The Morgan fingerprint density at radius 2 is 1.46 bits per heavy atom. The van der Waals surface area contributed by atoms with Gasteiger partial charge in [-0.3, -0.25) is 4.79 Å². The molecule has 1 aliphatic heterocycles. The maximum Gasteiger partial charge on any atom is 0.305 e. The number of ether oxygens (including phenoxy) is 2. The summed E-state index contributed by atoms with van der Waals surface area (Å²) in [4.78, 5) is 11.4. The van der Waals surface area contributed by atoms with Gasteiger partial charge in [-0.2, -0.15) is 0 Å². The fourth-order valence-corrected chi connectivity index (χ4v) is 2.76. The van der Waals surface area contributed by atoms with Crippen molar-refractivity contribution >= 4 is 5.97 Å². The summed E-state index contributed by atoms with van der Waals surface area (Å²) >= 11 is 0. The zero-order chi connectivity index (χ0) is 17.3. The highest BCUT2D eigenvalue weighted by atomic mass is 16.6. The van der Waals surface area contributed by atoms with E-state index in [2.05, 4.69) is 19.1 Å². The SMILES string of the molecule is CCCCCCCC/C=C\CCCCCCCC(=O)OC[C@H]1CO1. The fourth-order valence-electron chi connectivity index (χ4n) is 2.76. The number of carbonyl (C=O) groups excluding carboxylic acids is 1. The molecular weight excluding hydrogens is 300 g/mol. The predicted molar refractivity (Wildman–Crippen MR) is 100 cm³/mol. The molecule has 0 radical (unpaired) electrons. The summed E-state index contributed by atoms with van der Waals surface area (Å²) in [6.07, 6.45) is 22.1. The van der Waals surface area contributed by atoms with Gasteiger partial charge in [-0.15, -0.1) is 0 Å². The van der Waals surface area contributed by atoms with E-state index in [1.54, 1.807) is 0 Å². The molecule has 0 amide bonds. The molecule has 0 saturated carbocycles. The molecule has 0 aromatic heterocycles. The lowest BCUT2D eigenvalue weighted by atomic mass is 10.1. The first-order valence-corrected chi connectivity index (χ1v) is 10.2. The van der Waals surface area contributed by atoms with Crippen molar-refractivity contribution in [2.75, 3.05) is 13.2 Å². The summed E-state index contributed by atoms with van der Waals surface area (Å²) < 4.78 is 10.1. The number of unbranched alkanes of at least 4 members (excludes halogenated alkanes) is 11. The molecule has 3 nitrogen and oxygen atoms in total. The summed E-state index contributed by atoms with van der Waals surface area (Å²) in [7, 11) is 0. The van der Waals surface area contributed by atoms with Crippen molar-refractivity contribution in [3.63, 3.8) is 0 Å². The molecule has 1 aliphatic rings. The molecule has 1 heterocycles. The smallest absolute Gasteiger partial charge is 0.305 e. The number of rotatable bonds is 17. The lowest BCUT2D eigenvalue weighted by Gasteiger charge is -2.02. The van der Waals surface area contributed by atoms with E-state index < -0.39 is 0 Å². The van der Waals surface area contributed by atoms with Crippen LogP contribution in [0.1, 0.15) is 96.8 Å². The largest absolute Gasteiger partial charge is 0.463 e. The molecule has 140 valence electrons. The minimum atomic E-state index is -0.0665. The molecule has 0 aromatic rings. The molecule has 0 spiro atoms. The highest BCUT2D eigenvalue weighted by Gasteiger charge is 2.23. The summed E-state index contributed by atoms with van der Waals surface area (Å²) in [5.74, 6) is -0.0665. The van der Waals surface area contributed by atoms with Crippen molar-refractivity contribution < 1.29 is 14.3 Å². The van der Waals surface area contributed by atoms with Crippen LogP contribution in [0, 0.1) is 0 Å². The molecule has 1 fully saturated rings. The van der Waals surface area contributed by atoms with Crippen LogP contribution in [0.5, 0.6) is 0 Å². The van der Waals surface area contributed by atoms with E-state index in [0.29, 0.717) is 13.0 Å². The van der Waals surface area contributed by atoms with Crippen LogP contribution in [0.2, 0.25) is 0 Å². The molecule has 1 rings (SSSR count). The van der Waals surface area contributed by atoms with Crippen molar-refractivity contribution in [2.24, 2.45) is 0 Å². The van der Waals surface area contributed by atoms with E-state index in [1.165, 1.54) is 70.6 Å². The Bertz CT molecular complexity index is 321. The van der Waals surface area contributed by atoms with Gasteiger partial charge in [-0.05, 0) is 32.1 Å². The average Bonchev–Trinajstić information content (AvgIpc) is 3.41. The molecule has 0 unspecified atom stereocenters. The molecular formula is C21H38O3. The Hall–Kier alpha value is -0.830. The van der Waals surface area contributed by atoms with Gasteiger partial charge in [-0.1, -0.05) is 70.4 Å². The quantitative estimate of drug-likeness (QED) is 0.142. The molecule has 0 N–H and O–H groups in total. The van der Waals surface area contributed by atoms with Crippen LogP contribution in [-0.2, 0) is 14.3 Å². The Labute approximate surface area is 149 Å². The Morgan fingerprint density at radius 3 is 2.04 bits per heavy atom. The molecule has 3 heteroatoms. The zero-order valence-corrected chi connectivity index (χ0v) is 15.8. The van der Waals surface area contributed by atoms with E-state index >= 15 is 0 Å². The normalized spacial score (nSPS) is 16.6. The van der Waals surface area contributed by atoms with Gasteiger partial charge < -0.3 is 9.47 Å². The Morgan fingerprint density at radius 1 is 0.917 bits per heavy atom. The van der Waals surface area contributed by atoms with Crippen LogP contribution in [0.4, 0.5) is 0 Å². The number of esters is 1. The van der Waals surface area contributed by atoms with Gasteiger partial charge in [0.15, 0.2) is 0 Å². The first-order valence-electron chi connectivity index (χ1n) is 10.2. The molecule has 1 atom stereocenters. The second kappa shape index (κ2) is 15.7. The van der Waals surface area contributed by atoms with Crippen LogP contribution in [0.25, 0.3) is 0 Å². The van der Waals surface area contributed by atoms with Gasteiger partial charge in [0.1, 0.15) is 12.7 Å². The first kappa shape index (κ1) is 21.2. The number of hydrogen-bond donors (Lipinski definition) is 0. The standard InChI is InChI=1S/C21H38O3/c1-2-3-4-5-6-7-8-9-10-11-12-13-14-15-16-17-21(22)24-19-20-18-23-20/h9-10,20H,2-8,11-19H2,1H3/b10-9-/t20-/m1/s1. The van der Waals surface area contributed by atoms with Crippen molar-refractivity contribution in [1.82, 2.24) is 0 Å². The van der Waals surface area contributed by atoms with Gasteiger partial charge in [0.25, 0.3) is 0 Å². The third kappa shape index (κ3) is 14.7. The molecule has 0 aliphatic carbocycles. The molecule has 0 aromatic carbocycles. The van der Waals surface area contributed by atoms with E-state index in [4.69, 9.17) is 9.47 Å². The van der Waals surface area contributed by atoms with Gasteiger partial charge >= 0.3 is 5.97 Å². The monoisotopic (exact) mass is 338 g/mol. The predicted octanol–water partition coefficient (Wildman–Crippen LogP) is 5.97. The number of hydrogen-bond acceptors (Lipinski definition) is 3. The van der Waals surface area contributed by atoms with Crippen molar-refractivity contribution in [3.8, 4) is 0 Å². The second-order valence-electron chi connectivity index (χ2n) is 6.97. The van der Waals surface area contributed by atoms with Crippen LogP contribution in [-0.4, -0.2) is 25.3 Å². The van der Waals surface area contributed by atoms with E-state index in [9.17, 15) is 4.79 Å². The summed E-state index contributed by atoms with van der Waals surface area (Å²) in [6.45, 7) is 3.47. The summed E-state index contributed by atoms with van der Waals surface area (Å²) in [5, 5.41) is 0. The highest BCUT2D eigenvalue weighted by molar-refractivity contribution is 5.69. The third-order valence-electron chi connectivity index (χ3n) is 4.48. The summed E-state index contributed by atoms with van der Waals surface area (Å²) in [5.41, 5.74) is 0. The third-order valence-corrected chi connectivity index (χ3v) is 4.48. The highest BCUT2D eigenvalue weighted by Crippen LogP contribution is 2.12. The zero-order valence-electron chi connectivity index (χ0n) is 15.8. The van der Waals surface area contributed by atoms with Crippen LogP contribution in [0.15, 0.2) is 12.2 Å². The van der Waals surface area contributed by atoms with Gasteiger partial charge in [0.05, 0.1) is 6.61 Å². The lowest BCUT2D eigenvalue weighted by Crippen LogP contribution is -2.09. The van der Waals surface area contributed by atoms with Gasteiger partial charge in [-0.25, -0.2) is 0 Å². The average molecular weight is 339 g/mol. The van der Waals surface area contributed by atoms with Crippen LogP contribution < -0.4 is 0 Å². The van der Waals surface area contributed by atoms with Crippen molar-refractivity contribution in [1.29, 1.82) is 0 Å². The minimum absolute atomic E-state index is 0.0665. The first-order chi connectivity index (χ1) is 11.8. The molecule has 0 bridgehead atoms.